The fourth-order valence-corrected chi connectivity index (χ4v) is 2.46. The quantitative estimate of drug-likeness (QED) is 0.457. The summed E-state index contributed by atoms with van der Waals surface area (Å²) >= 11 is 0. The first-order chi connectivity index (χ1) is 10.2. The predicted molar refractivity (Wildman–Crippen MR) is 76.4 cm³/mol. The number of methoxy groups -OCH3 is 1. The van der Waals surface area contributed by atoms with Gasteiger partial charge in [-0.25, -0.2) is 0 Å². The Bertz CT molecular complexity index is 488. The maximum atomic E-state index is 12.6. The van der Waals surface area contributed by atoms with Crippen molar-refractivity contribution >= 4 is 11.8 Å². The standard InChI is InChI=1S/C16H20O5/c1-3-20-16(18)14(13-5-4-10-21-13)15(17)11-6-8-12(19-2)9-7-11/h6-9,13-14H,3-5,10H2,1-2H3. The molecule has 2 unspecified atom stereocenters. The van der Waals surface area contributed by atoms with Crippen LogP contribution in [-0.4, -0.2) is 38.2 Å². The Hall–Kier alpha value is -1.88. The van der Waals surface area contributed by atoms with Crippen LogP contribution in [0.4, 0.5) is 0 Å². The third-order valence-corrected chi connectivity index (χ3v) is 3.53. The lowest BCUT2D eigenvalue weighted by Gasteiger charge is -2.20. The summed E-state index contributed by atoms with van der Waals surface area (Å²) in [4.78, 5) is 24.7. The molecular formula is C16H20O5. The van der Waals surface area contributed by atoms with Gasteiger partial charge in [0.1, 0.15) is 11.7 Å². The molecular weight excluding hydrogens is 272 g/mol. The van der Waals surface area contributed by atoms with Gasteiger partial charge in [0.15, 0.2) is 5.78 Å². The molecule has 1 aromatic carbocycles. The second-order valence-electron chi connectivity index (χ2n) is 4.87. The minimum atomic E-state index is -0.888. The summed E-state index contributed by atoms with van der Waals surface area (Å²) in [5.74, 6) is -0.995. The van der Waals surface area contributed by atoms with Crippen LogP contribution in [0.25, 0.3) is 0 Å². The van der Waals surface area contributed by atoms with E-state index in [0.717, 1.165) is 6.42 Å². The summed E-state index contributed by atoms with van der Waals surface area (Å²) in [6, 6.07) is 6.71. The summed E-state index contributed by atoms with van der Waals surface area (Å²) < 4.78 is 15.6. The van der Waals surface area contributed by atoms with Crippen LogP contribution < -0.4 is 4.74 Å². The molecule has 0 N–H and O–H groups in total. The molecule has 5 heteroatoms. The van der Waals surface area contributed by atoms with Crippen LogP contribution >= 0.6 is 0 Å². The first kappa shape index (κ1) is 15.5. The highest BCUT2D eigenvalue weighted by atomic mass is 16.5. The molecule has 1 fully saturated rings. The SMILES string of the molecule is CCOC(=O)C(C(=O)c1ccc(OC)cc1)C1CCCO1. The highest BCUT2D eigenvalue weighted by Crippen LogP contribution is 2.26. The van der Waals surface area contributed by atoms with Crippen molar-refractivity contribution in [3.63, 3.8) is 0 Å². The van der Waals surface area contributed by atoms with E-state index in [2.05, 4.69) is 0 Å². The lowest BCUT2D eigenvalue weighted by atomic mass is 9.91. The molecule has 2 atom stereocenters. The normalized spacial score (nSPS) is 19.0. The van der Waals surface area contributed by atoms with Gasteiger partial charge >= 0.3 is 5.97 Å². The first-order valence-corrected chi connectivity index (χ1v) is 7.14. The molecule has 0 amide bonds. The van der Waals surface area contributed by atoms with E-state index in [4.69, 9.17) is 14.2 Å². The van der Waals surface area contributed by atoms with E-state index in [1.54, 1.807) is 38.3 Å². The van der Waals surface area contributed by atoms with Gasteiger partial charge in [0.05, 0.1) is 19.8 Å². The molecule has 1 aliphatic rings. The average Bonchev–Trinajstić information content (AvgIpc) is 3.01. The van der Waals surface area contributed by atoms with Crippen molar-refractivity contribution in [1.29, 1.82) is 0 Å². The molecule has 1 aliphatic heterocycles. The molecule has 5 nitrogen and oxygen atoms in total. The van der Waals surface area contributed by atoms with Crippen molar-refractivity contribution in [3.05, 3.63) is 29.8 Å². The molecule has 0 spiro atoms. The van der Waals surface area contributed by atoms with Crippen LogP contribution in [0.3, 0.4) is 0 Å². The number of ether oxygens (including phenoxy) is 3. The maximum Gasteiger partial charge on any atom is 0.319 e. The van der Waals surface area contributed by atoms with Gasteiger partial charge in [0, 0.05) is 12.2 Å². The van der Waals surface area contributed by atoms with Crippen molar-refractivity contribution in [2.45, 2.75) is 25.9 Å². The highest BCUT2D eigenvalue weighted by molar-refractivity contribution is 6.09. The van der Waals surface area contributed by atoms with Crippen LogP contribution in [0.1, 0.15) is 30.1 Å². The zero-order valence-corrected chi connectivity index (χ0v) is 12.3. The number of benzene rings is 1. The minimum Gasteiger partial charge on any atom is -0.497 e. The molecule has 0 saturated carbocycles. The van der Waals surface area contributed by atoms with Crippen molar-refractivity contribution in [2.24, 2.45) is 5.92 Å². The minimum absolute atomic E-state index is 0.248. The van der Waals surface area contributed by atoms with Crippen molar-refractivity contribution in [2.75, 3.05) is 20.3 Å². The third-order valence-electron chi connectivity index (χ3n) is 3.53. The van der Waals surface area contributed by atoms with Gasteiger partial charge in [-0.2, -0.15) is 0 Å². The number of Topliss-reactive ketones (excluding diaryl/α,β-unsaturated/α-hetero) is 1. The number of esters is 1. The van der Waals surface area contributed by atoms with Gasteiger partial charge in [0.2, 0.25) is 0 Å². The van der Waals surface area contributed by atoms with E-state index in [1.807, 2.05) is 0 Å². The van der Waals surface area contributed by atoms with E-state index >= 15 is 0 Å². The highest BCUT2D eigenvalue weighted by Gasteiger charge is 2.39. The van der Waals surface area contributed by atoms with Crippen LogP contribution in [0.5, 0.6) is 5.75 Å². The molecule has 1 aromatic rings. The average molecular weight is 292 g/mol. The van der Waals surface area contributed by atoms with Crippen LogP contribution in [0.2, 0.25) is 0 Å². The monoisotopic (exact) mass is 292 g/mol. The Kier molecular flexibility index (Phi) is 5.33. The number of ketones is 1. The number of hydrogen-bond acceptors (Lipinski definition) is 5. The zero-order valence-electron chi connectivity index (χ0n) is 12.3. The molecule has 0 bridgehead atoms. The molecule has 2 rings (SSSR count). The van der Waals surface area contributed by atoms with E-state index in [0.29, 0.717) is 24.3 Å². The lowest BCUT2D eigenvalue weighted by molar-refractivity contribution is -0.149. The molecule has 0 radical (unpaired) electrons. The lowest BCUT2D eigenvalue weighted by Crippen LogP contribution is -2.36. The maximum absolute atomic E-state index is 12.6. The van der Waals surface area contributed by atoms with Gasteiger partial charge in [-0.05, 0) is 44.0 Å². The van der Waals surface area contributed by atoms with Crippen molar-refractivity contribution < 1.29 is 23.8 Å². The summed E-state index contributed by atoms with van der Waals surface area (Å²) in [7, 11) is 1.56. The Morgan fingerprint density at radius 3 is 2.57 bits per heavy atom. The fourth-order valence-electron chi connectivity index (χ4n) is 2.46. The van der Waals surface area contributed by atoms with Gasteiger partial charge in [0.25, 0.3) is 0 Å². The van der Waals surface area contributed by atoms with Crippen LogP contribution in [0.15, 0.2) is 24.3 Å². The predicted octanol–water partition coefficient (Wildman–Crippen LogP) is 2.24. The molecule has 1 saturated heterocycles. The number of carbonyl (C=O) groups is 2. The Balaban J connectivity index is 2.21. The fraction of sp³-hybridized carbons (Fsp3) is 0.500. The molecule has 21 heavy (non-hydrogen) atoms. The third kappa shape index (κ3) is 3.61. The Labute approximate surface area is 124 Å². The summed E-state index contributed by atoms with van der Waals surface area (Å²) in [6.45, 7) is 2.55. The summed E-state index contributed by atoms with van der Waals surface area (Å²) in [5.41, 5.74) is 0.462. The van der Waals surface area contributed by atoms with Crippen LogP contribution in [0, 0.1) is 5.92 Å². The van der Waals surface area contributed by atoms with Gasteiger partial charge < -0.3 is 14.2 Å². The van der Waals surface area contributed by atoms with E-state index in [9.17, 15) is 9.59 Å². The van der Waals surface area contributed by atoms with Crippen molar-refractivity contribution in [3.8, 4) is 5.75 Å². The number of rotatable bonds is 6. The van der Waals surface area contributed by atoms with Gasteiger partial charge in [-0.3, -0.25) is 9.59 Å². The summed E-state index contributed by atoms with van der Waals surface area (Å²) in [5, 5.41) is 0. The zero-order chi connectivity index (χ0) is 15.2. The smallest absolute Gasteiger partial charge is 0.319 e. The van der Waals surface area contributed by atoms with E-state index in [1.165, 1.54) is 0 Å². The second kappa shape index (κ2) is 7.22. The van der Waals surface area contributed by atoms with E-state index in [-0.39, 0.29) is 12.4 Å². The summed E-state index contributed by atoms with van der Waals surface area (Å²) in [6.07, 6.45) is 1.17. The van der Waals surface area contributed by atoms with Gasteiger partial charge in [-0.15, -0.1) is 0 Å². The largest absolute Gasteiger partial charge is 0.497 e. The van der Waals surface area contributed by atoms with Crippen LogP contribution in [-0.2, 0) is 14.3 Å². The Morgan fingerprint density at radius 1 is 1.33 bits per heavy atom. The van der Waals surface area contributed by atoms with E-state index < -0.39 is 18.0 Å². The van der Waals surface area contributed by atoms with Crippen molar-refractivity contribution in [1.82, 2.24) is 0 Å². The molecule has 0 aromatic heterocycles. The molecule has 0 aliphatic carbocycles. The second-order valence-corrected chi connectivity index (χ2v) is 4.87. The first-order valence-electron chi connectivity index (χ1n) is 7.14. The Morgan fingerprint density at radius 2 is 2.05 bits per heavy atom. The molecule has 114 valence electrons. The number of hydrogen-bond donors (Lipinski definition) is 0. The molecule has 1 heterocycles. The number of carbonyl (C=O) groups excluding carboxylic acids is 2. The van der Waals surface area contributed by atoms with Gasteiger partial charge in [-0.1, -0.05) is 0 Å². The topological polar surface area (TPSA) is 61.8 Å².